The molecule has 2 N–H and O–H groups in total. The van der Waals surface area contributed by atoms with Crippen LogP contribution in [0.3, 0.4) is 0 Å². The maximum atomic E-state index is 12.5. The van der Waals surface area contributed by atoms with Gasteiger partial charge in [-0.15, -0.1) is 0 Å². The van der Waals surface area contributed by atoms with Gasteiger partial charge in [0.15, 0.2) is 18.1 Å². The molecule has 4 aromatic rings. The first-order chi connectivity index (χ1) is 18.3. The Hall–Kier alpha value is -3.59. The Morgan fingerprint density at radius 2 is 1.76 bits per heavy atom. The monoisotopic (exact) mass is 613 g/mol. The number of nitrogens with zero attached hydrogens (tertiary/aromatic N) is 1. The van der Waals surface area contributed by atoms with Gasteiger partial charge >= 0.3 is 0 Å². The number of amides is 2. The van der Waals surface area contributed by atoms with E-state index in [4.69, 9.17) is 32.7 Å². The van der Waals surface area contributed by atoms with Crippen molar-refractivity contribution in [2.75, 3.05) is 19.0 Å². The number of rotatable bonds is 9. The third-order valence-corrected chi connectivity index (χ3v) is 6.76. The number of halogens is 3. The van der Waals surface area contributed by atoms with E-state index < -0.39 is 5.91 Å². The van der Waals surface area contributed by atoms with Crippen molar-refractivity contribution in [1.82, 2.24) is 5.43 Å². The Morgan fingerprint density at radius 1 is 0.974 bits per heavy atom. The summed E-state index contributed by atoms with van der Waals surface area (Å²) in [4.78, 5) is 24.8. The Kier molecular flexibility index (Phi) is 9.23. The minimum Gasteiger partial charge on any atom is -0.493 e. The molecule has 0 atom stereocenters. The highest BCUT2D eigenvalue weighted by atomic mass is 79.9. The maximum absolute atomic E-state index is 12.5. The van der Waals surface area contributed by atoms with Crippen LogP contribution < -0.4 is 20.2 Å². The van der Waals surface area contributed by atoms with Gasteiger partial charge in [0.25, 0.3) is 5.91 Å². The fraction of sp³-hybridized carbons (Fsp3) is 0.107. The molecule has 4 rings (SSSR count). The van der Waals surface area contributed by atoms with Crippen molar-refractivity contribution < 1.29 is 19.1 Å². The molecule has 0 fully saturated rings. The Balaban J connectivity index is 1.36. The maximum Gasteiger partial charge on any atom is 0.262 e. The largest absolute Gasteiger partial charge is 0.493 e. The number of hydrogen-bond donors (Lipinski definition) is 2. The smallest absolute Gasteiger partial charge is 0.262 e. The van der Waals surface area contributed by atoms with E-state index in [1.807, 2.05) is 42.5 Å². The third-order valence-electron chi connectivity index (χ3n) is 5.44. The number of carbonyl (C=O) groups excluding carboxylic acids is 2. The van der Waals surface area contributed by atoms with Crippen molar-refractivity contribution >= 4 is 73.6 Å². The number of hydrogen-bond acceptors (Lipinski definition) is 5. The average Bonchev–Trinajstić information content (AvgIpc) is 2.90. The number of benzene rings is 4. The zero-order valence-electron chi connectivity index (χ0n) is 20.1. The number of anilines is 1. The highest BCUT2D eigenvalue weighted by molar-refractivity contribution is 9.10. The van der Waals surface area contributed by atoms with Crippen LogP contribution in [0.4, 0.5) is 5.69 Å². The van der Waals surface area contributed by atoms with E-state index >= 15 is 0 Å². The van der Waals surface area contributed by atoms with Crippen molar-refractivity contribution in [3.05, 3.63) is 98.4 Å². The minimum absolute atomic E-state index is 0.197. The van der Waals surface area contributed by atoms with Gasteiger partial charge in [0.1, 0.15) is 0 Å². The third kappa shape index (κ3) is 7.04. The molecule has 0 saturated heterocycles. The van der Waals surface area contributed by atoms with Gasteiger partial charge in [-0.25, -0.2) is 5.43 Å². The van der Waals surface area contributed by atoms with Gasteiger partial charge in [0, 0.05) is 5.69 Å². The molecule has 0 saturated carbocycles. The number of ether oxygens (including phenoxy) is 2. The lowest BCUT2D eigenvalue weighted by Crippen LogP contribution is -2.20. The predicted octanol–water partition coefficient (Wildman–Crippen LogP) is 6.63. The van der Waals surface area contributed by atoms with Gasteiger partial charge < -0.3 is 14.8 Å². The van der Waals surface area contributed by atoms with E-state index in [0.29, 0.717) is 37.3 Å². The highest BCUT2D eigenvalue weighted by Gasteiger charge is 2.14. The molecule has 0 aliphatic carbocycles. The van der Waals surface area contributed by atoms with Crippen molar-refractivity contribution in [3.8, 4) is 11.5 Å². The summed E-state index contributed by atoms with van der Waals surface area (Å²) in [5.74, 6) is 0.0904. The minimum atomic E-state index is -0.392. The fourth-order valence-corrected chi connectivity index (χ4v) is 4.57. The molecule has 0 bridgehead atoms. The zero-order valence-corrected chi connectivity index (χ0v) is 23.2. The number of fused-ring (bicyclic) bond motifs is 1. The van der Waals surface area contributed by atoms with Gasteiger partial charge in [-0.3, -0.25) is 9.59 Å². The highest BCUT2D eigenvalue weighted by Crippen LogP contribution is 2.36. The summed E-state index contributed by atoms with van der Waals surface area (Å²) in [5.41, 5.74) is 4.62. The lowest BCUT2D eigenvalue weighted by Gasteiger charge is -2.13. The molecule has 0 aliphatic rings. The molecule has 4 aromatic carbocycles. The molecular formula is C28H22BrCl2N3O4. The molecule has 2 amide bonds. The van der Waals surface area contributed by atoms with Crippen LogP contribution in [0.2, 0.25) is 10.0 Å². The second kappa shape index (κ2) is 12.8. The lowest BCUT2D eigenvalue weighted by molar-refractivity contribution is -0.120. The van der Waals surface area contributed by atoms with Gasteiger partial charge in [-0.1, -0.05) is 65.7 Å². The molecule has 10 heteroatoms. The van der Waals surface area contributed by atoms with E-state index in [-0.39, 0.29) is 18.9 Å². The first kappa shape index (κ1) is 27.4. The number of methoxy groups -OCH3 is 1. The number of hydrazone groups is 1. The Morgan fingerprint density at radius 3 is 2.55 bits per heavy atom. The van der Waals surface area contributed by atoms with Crippen LogP contribution in [0.1, 0.15) is 11.1 Å². The van der Waals surface area contributed by atoms with Crippen LogP contribution in [0.25, 0.3) is 10.8 Å². The van der Waals surface area contributed by atoms with Gasteiger partial charge in [0.05, 0.1) is 34.3 Å². The lowest BCUT2D eigenvalue weighted by atomic mass is 10.0. The van der Waals surface area contributed by atoms with Crippen LogP contribution in [-0.4, -0.2) is 31.7 Å². The summed E-state index contributed by atoms with van der Waals surface area (Å²) in [5, 5.41) is 9.59. The van der Waals surface area contributed by atoms with E-state index in [9.17, 15) is 9.59 Å². The molecule has 0 heterocycles. The van der Waals surface area contributed by atoms with E-state index in [1.54, 1.807) is 30.3 Å². The van der Waals surface area contributed by atoms with Crippen LogP contribution in [0.5, 0.6) is 11.5 Å². The molecule has 194 valence electrons. The molecule has 7 nitrogen and oxygen atoms in total. The summed E-state index contributed by atoms with van der Waals surface area (Å²) in [6.07, 6.45) is 1.69. The second-order valence-corrected chi connectivity index (χ2v) is 9.78. The van der Waals surface area contributed by atoms with E-state index in [2.05, 4.69) is 31.8 Å². The van der Waals surface area contributed by atoms with Crippen LogP contribution >= 0.6 is 39.1 Å². The van der Waals surface area contributed by atoms with Crippen molar-refractivity contribution in [3.63, 3.8) is 0 Å². The Labute approximate surface area is 237 Å². The summed E-state index contributed by atoms with van der Waals surface area (Å²) < 4.78 is 11.7. The number of carbonyl (C=O) groups is 2. The second-order valence-electron chi connectivity index (χ2n) is 8.11. The van der Waals surface area contributed by atoms with Gasteiger partial charge in [0.2, 0.25) is 5.91 Å². The first-order valence-electron chi connectivity index (χ1n) is 11.4. The summed E-state index contributed by atoms with van der Waals surface area (Å²) >= 11 is 15.3. The van der Waals surface area contributed by atoms with Gasteiger partial charge in [-0.05, 0) is 68.2 Å². The average molecular weight is 615 g/mol. The zero-order chi connectivity index (χ0) is 27.1. The van der Waals surface area contributed by atoms with Crippen LogP contribution in [0.15, 0.2) is 82.4 Å². The number of nitrogens with one attached hydrogen (secondary N) is 2. The van der Waals surface area contributed by atoms with Crippen molar-refractivity contribution in [2.45, 2.75) is 6.42 Å². The summed E-state index contributed by atoms with van der Waals surface area (Å²) in [7, 11) is 1.48. The molecular weight excluding hydrogens is 593 g/mol. The standard InChI is InChI=1S/C28H22BrCl2N3O4/c1-37-25-12-17(15-32-34-26(35)13-19-7-4-6-18-5-2-3-8-21(18)19)11-22(29)28(25)38-16-27(36)33-20-9-10-23(30)24(31)14-20/h2-12,14-15H,13,16H2,1H3,(H,33,36)(H,34,35)/b32-15+. The predicted molar refractivity (Wildman–Crippen MR) is 155 cm³/mol. The quantitative estimate of drug-likeness (QED) is 0.164. The van der Waals surface area contributed by atoms with Crippen molar-refractivity contribution in [2.24, 2.45) is 5.10 Å². The van der Waals surface area contributed by atoms with E-state index in [1.165, 1.54) is 13.3 Å². The van der Waals surface area contributed by atoms with Crippen LogP contribution in [-0.2, 0) is 16.0 Å². The van der Waals surface area contributed by atoms with Crippen LogP contribution in [0, 0.1) is 0 Å². The fourth-order valence-electron chi connectivity index (χ4n) is 3.70. The first-order valence-corrected chi connectivity index (χ1v) is 12.9. The molecule has 0 spiro atoms. The molecule has 0 unspecified atom stereocenters. The van der Waals surface area contributed by atoms with Gasteiger partial charge in [-0.2, -0.15) is 5.10 Å². The topological polar surface area (TPSA) is 89.0 Å². The van der Waals surface area contributed by atoms with Crippen molar-refractivity contribution in [1.29, 1.82) is 0 Å². The van der Waals surface area contributed by atoms with E-state index in [0.717, 1.165) is 16.3 Å². The summed E-state index contributed by atoms with van der Waals surface area (Å²) in [6, 6.07) is 22.0. The summed E-state index contributed by atoms with van der Waals surface area (Å²) in [6.45, 7) is -0.271. The normalized spacial score (nSPS) is 10.9. The molecule has 0 aromatic heterocycles. The SMILES string of the molecule is COc1cc(/C=N/NC(=O)Cc2cccc3ccccc23)cc(Br)c1OCC(=O)Nc1ccc(Cl)c(Cl)c1. The molecule has 0 aliphatic heterocycles. The molecule has 38 heavy (non-hydrogen) atoms. The molecule has 0 radical (unpaired) electrons. The Bertz CT molecular complexity index is 1520.